The Morgan fingerprint density at radius 2 is 2.04 bits per heavy atom. The van der Waals surface area contributed by atoms with Crippen molar-refractivity contribution >= 4 is 56.5 Å². The van der Waals surface area contributed by atoms with Gasteiger partial charge in [0.05, 0.1) is 4.53 Å². The number of hydrogen-bond acceptors (Lipinski definition) is 4. The summed E-state index contributed by atoms with van der Waals surface area (Å²) in [6, 6.07) is 9.42. The second-order valence-corrected chi connectivity index (χ2v) is 8.22. The number of thiophene rings is 1. The Morgan fingerprint density at radius 3 is 2.71 bits per heavy atom. The fourth-order valence-electron chi connectivity index (χ4n) is 2.28. The van der Waals surface area contributed by atoms with E-state index in [9.17, 15) is 9.59 Å². The maximum Gasteiger partial charge on any atom is 0.268 e. The van der Waals surface area contributed by atoms with Crippen molar-refractivity contribution in [2.45, 2.75) is 6.92 Å². The maximum absolute atomic E-state index is 12.5. The number of aromatic nitrogens is 1. The molecule has 2 aromatic heterocycles. The molecular formula is C18H14BrNO2S2. The van der Waals surface area contributed by atoms with Crippen molar-refractivity contribution in [3.05, 3.63) is 75.7 Å². The summed E-state index contributed by atoms with van der Waals surface area (Å²) in [5.41, 5.74) is 1.50. The molecule has 0 fully saturated rings. The fourth-order valence-corrected chi connectivity index (χ4v) is 4.75. The molecule has 0 spiro atoms. The van der Waals surface area contributed by atoms with Gasteiger partial charge in [-0.3, -0.25) is 9.59 Å². The lowest BCUT2D eigenvalue weighted by Crippen LogP contribution is -2.29. The number of Topliss-reactive ketones (excluding diaryl/α,β-unsaturated/α-hetero) is 1. The molecule has 0 aliphatic rings. The molecule has 122 valence electrons. The van der Waals surface area contributed by atoms with Gasteiger partial charge in [-0.05, 0) is 40.6 Å². The first-order valence-electron chi connectivity index (χ1n) is 7.19. The number of rotatable bonds is 3. The average molecular weight is 420 g/mol. The van der Waals surface area contributed by atoms with Crippen molar-refractivity contribution < 1.29 is 4.79 Å². The molecule has 3 aromatic rings. The number of carbonyl (C=O) groups is 1. The van der Waals surface area contributed by atoms with Crippen LogP contribution in [0.2, 0.25) is 0 Å². The zero-order chi connectivity index (χ0) is 17.3. The molecule has 2 heterocycles. The van der Waals surface area contributed by atoms with Gasteiger partial charge >= 0.3 is 0 Å². The quantitative estimate of drug-likeness (QED) is 0.611. The van der Waals surface area contributed by atoms with Crippen LogP contribution in [0.3, 0.4) is 0 Å². The molecule has 0 unspecified atom stereocenters. The molecule has 6 heteroatoms. The Hall–Kier alpha value is -1.76. The van der Waals surface area contributed by atoms with Gasteiger partial charge in [0, 0.05) is 33.4 Å². The van der Waals surface area contributed by atoms with E-state index in [4.69, 9.17) is 0 Å². The third-order valence-corrected chi connectivity index (χ3v) is 6.34. The summed E-state index contributed by atoms with van der Waals surface area (Å²) >= 11 is 6.30. The van der Waals surface area contributed by atoms with E-state index in [0.717, 1.165) is 14.9 Å². The van der Waals surface area contributed by atoms with Crippen LogP contribution in [0.5, 0.6) is 0 Å². The predicted octanol–water partition coefficient (Wildman–Crippen LogP) is 3.07. The minimum absolute atomic E-state index is 0.0876. The van der Waals surface area contributed by atoms with Gasteiger partial charge in [-0.25, -0.2) is 0 Å². The van der Waals surface area contributed by atoms with Gasteiger partial charge in [-0.1, -0.05) is 24.3 Å². The molecule has 3 rings (SSSR count). The average Bonchev–Trinajstić information content (AvgIpc) is 3.07. The Kier molecular flexibility index (Phi) is 4.99. The highest BCUT2D eigenvalue weighted by molar-refractivity contribution is 9.10. The number of aryl methyl sites for hydroxylation is 1. The zero-order valence-corrected chi connectivity index (χ0v) is 16.3. The second kappa shape index (κ2) is 7.01. The van der Waals surface area contributed by atoms with E-state index in [0.29, 0.717) is 14.8 Å². The fraction of sp³-hybridized carbons (Fsp3) is 0.111. The smallest absolute Gasteiger partial charge is 0.268 e. The molecule has 0 bridgehead atoms. The Bertz CT molecular complexity index is 1090. The minimum Gasteiger partial charge on any atom is -0.302 e. The molecule has 0 aliphatic carbocycles. The van der Waals surface area contributed by atoms with Gasteiger partial charge in [0.2, 0.25) is 0 Å². The highest BCUT2D eigenvalue weighted by Crippen LogP contribution is 2.19. The van der Waals surface area contributed by atoms with E-state index < -0.39 is 0 Å². The van der Waals surface area contributed by atoms with Crippen molar-refractivity contribution in [1.29, 1.82) is 0 Å². The van der Waals surface area contributed by atoms with E-state index in [2.05, 4.69) is 15.9 Å². The summed E-state index contributed by atoms with van der Waals surface area (Å²) in [5.74, 6) is -0.0876. The van der Waals surface area contributed by atoms with Crippen LogP contribution in [0.25, 0.3) is 12.2 Å². The molecule has 3 nitrogen and oxygen atoms in total. The first kappa shape index (κ1) is 17.1. The van der Waals surface area contributed by atoms with E-state index in [1.807, 2.05) is 42.6 Å². The summed E-state index contributed by atoms with van der Waals surface area (Å²) in [4.78, 5) is 25.9. The van der Waals surface area contributed by atoms with Crippen molar-refractivity contribution in [3.63, 3.8) is 0 Å². The first-order chi connectivity index (χ1) is 11.5. The molecule has 0 N–H and O–H groups in total. The highest BCUT2D eigenvalue weighted by atomic mass is 79.9. The summed E-state index contributed by atoms with van der Waals surface area (Å²) in [5, 5.41) is 1.97. The number of hydrogen-bond donors (Lipinski definition) is 0. The molecule has 1 aromatic carbocycles. The number of nitrogens with zero attached hydrogens (tertiary/aromatic N) is 1. The topological polar surface area (TPSA) is 39.1 Å². The maximum atomic E-state index is 12.5. The monoisotopic (exact) mass is 419 g/mol. The van der Waals surface area contributed by atoms with E-state index >= 15 is 0 Å². The van der Waals surface area contributed by atoms with Gasteiger partial charge in [0.25, 0.3) is 5.56 Å². The molecule has 0 saturated heterocycles. The predicted molar refractivity (Wildman–Crippen MR) is 104 cm³/mol. The Labute approximate surface area is 155 Å². The van der Waals surface area contributed by atoms with Gasteiger partial charge in [-0.15, -0.1) is 22.7 Å². The van der Waals surface area contributed by atoms with Gasteiger partial charge in [-0.2, -0.15) is 0 Å². The van der Waals surface area contributed by atoms with Crippen LogP contribution in [0.1, 0.15) is 20.8 Å². The molecule has 0 radical (unpaired) electrons. The third kappa shape index (κ3) is 3.50. The molecule has 0 atom stereocenters. The summed E-state index contributed by atoms with van der Waals surface area (Å²) < 4.78 is 3.79. The molecule has 0 aliphatic heterocycles. The summed E-state index contributed by atoms with van der Waals surface area (Å²) in [6.07, 6.45) is 3.40. The number of thiazole rings is 1. The van der Waals surface area contributed by atoms with Gasteiger partial charge in [0.15, 0.2) is 5.78 Å². The molecule has 24 heavy (non-hydrogen) atoms. The van der Waals surface area contributed by atoms with Crippen LogP contribution in [0, 0.1) is 6.92 Å². The largest absolute Gasteiger partial charge is 0.302 e. The van der Waals surface area contributed by atoms with Crippen LogP contribution in [-0.2, 0) is 7.05 Å². The van der Waals surface area contributed by atoms with Gasteiger partial charge < -0.3 is 4.57 Å². The summed E-state index contributed by atoms with van der Waals surface area (Å²) in [7, 11) is 1.69. The highest BCUT2D eigenvalue weighted by Gasteiger charge is 2.07. The number of ketones is 1. The number of benzene rings is 1. The van der Waals surface area contributed by atoms with E-state index in [1.165, 1.54) is 22.0 Å². The molecular weight excluding hydrogens is 406 g/mol. The number of carbonyl (C=O) groups excluding carboxylic acids is 1. The SMILES string of the molecule is Cc1ccccc1C(=O)/C=c1/s/c(=C/c2cc(Br)cs2)c(=O)n1C. The Morgan fingerprint density at radius 1 is 1.29 bits per heavy atom. The lowest BCUT2D eigenvalue weighted by molar-refractivity contribution is 0.106. The Balaban J connectivity index is 2.09. The lowest BCUT2D eigenvalue weighted by atomic mass is 10.1. The van der Waals surface area contributed by atoms with E-state index in [-0.39, 0.29) is 11.3 Å². The van der Waals surface area contributed by atoms with E-state index in [1.54, 1.807) is 24.5 Å². The summed E-state index contributed by atoms with van der Waals surface area (Å²) in [6.45, 7) is 1.91. The van der Waals surface area contributed by atoms with Crippen LogP contribution in [0.15, 0.2) is 45.0 Å². The van der Waals surface area contributed by atoms with Gasteiger partial charge in [0.1, 0.15) is 4.66 Å². The number of halogens is 1. The first-order valence-corrected chi connectivity index (χ1v) is 9.68. The molecule has 0 saturated carbocycles. The third-order valence-electron chi connectivity index (χ3n) is 3.59. The normalized spacial score (nSPS) is 12.8. The van der Waals surface area contributed by atoms with Crippen molar-refractivity contribution in [2.75, 3.05) is 0 Å². The van der Waals surface area contributed by atoms with Crippen LogP contribution in [-0.4, -0.2) is 10.4 Å². The van der Waals surface area contributed by atoms with Crippen LogP contribution in [0.4, 0.5) is 0 Å². The van der Waals surface area contributed by atoms with Crippen LogP contribution >= 0.6 is 38.6 Å². The lowest BCUT2D eigenvalue weighted by Gasteiger charge is -1.99. The second-order valence-electron chi connectivity index (χ2n) is 5.30. The van der Waals surface area contributed by atoms with Crippen molar-refractivity contribution in [2.24, 2.45) is 7.05 Å². The standard InChI is InChI=1S/C18H14BrNO2S2/c1-11-5-3-4-6-14(11)15(21)9-17-20(2)18(22)16(24-17)8-13-7-12(19)10-23-13/h3-10H,1-2H3/b16-8+,17-9+. The molecule has 0 amide bonds. The van der Waals surface area contributed by atoms with Crippen LogP contribution < -0.4 is 14.8 Å². The van der Waals surface area contributed by atoms with Crippen molar-refractivity contribution in [3.8, 4) is 0 Å². The zero-order valence-electron chi connectivity index (χ0n) is 13.1. The van der Waals surface area contributed by atoms with Crippen molar-refractivity contribution in [1.82, 2.24) is 4.57 Å². The minimum atomic E-state index is -0.0895.